The molecule has 0 amide bonds. The summed E-state index contributed by atoms with van der Waals surface area (Å²) in [7, 11) is 0. The van der Waals surface area contributed by atoms with E-state index < -0.39 is 0 Å². The van der Waals surface area contributed by atoms with Crippen molar-refractivity contribution in [2.24, 2.45) is 0 Å². The van der Waals surface area contributed by atoms with E-state index in [0.717, 1.165) is 0 Å². The van der Waals surface area contributed by atoms with Crippen LogP contribution in [-0.4, -0.2) is 8.66 Å². The fourth-order valence-corrected chi connectivity index (χ4v) is 0. The van der Waals surface area contributed by atoms with Gasteiger partial charge >= 0.3 is 0 Å². The minimum Gasteiger partial charge on any atom is -0.163 e. The SMILES string of the molecule is CC(S)(S)C(S)S. The highest BCUT2D eigenvalue weighted by atomic mass is 32.2. The van der Waals surface area contributed by atoms with Gasteiger partial charge in [-0.1, -0.05) is 0 Å². The summed E-state index contributed by atoms with van der Waals surface area (Å²) < 4.78 is -0.467. The first-order valence-corrected chi connectivity index (χ1v) is 3.68. The molecule has 44 valence electrons. The second-order valence-electron chi connectivity index (χ2n) is 1.47. The molecule has 0 aromatic rings. The van der Waals surface area contributed by atoms with Crippen LogP contribution in [0.2, 0.25) is 0 Å². The Labute approximate surface area is 66.1 Å². The second-order valence-corrected chi connectivity index (χ2v) is 5.12. The van der Waals surface area contributed by atoms with Crippen molar-refractivity contribution in [1.82, 2.24) is 0 Å². The molecule has 0 aliphatic carbocycles. The first kappa shape index (κ1) is 8.40. The van der Waals surface area contributed by atoms with Crippen LogP contribution in [0, 0.1) is 0 Å². The van der Waals surface area contributed by atoms with E-state index in [0.29, 0.717) is 0 Å². The molecule has 0 nitrogen and oxygen atoms in total. The molecule has 0 heterocycles. The van der Waals surface area contributed by atoms with E-state index in [4.69, 9.17) is 0 Å². The van der Waals surface area contributed by atoms with Crippen molar-refractivity contribution in [1.29, 1.82) is 0 Å². The van der Waals surface area contributed by atoms with E-state index in [2.05, 4.69) is 50.5 Å². The van der Waals surface area contributed by atoms with Gasteiger partial charge in [-0.2, -0.15) is 50.5 Å². The van der Waals surface area contributed by atoms with Crippen molar-refractivity contribution in [3.05, 3.63) is 0 Å². The van der Waals surface area contributed by atoms with Crippen LogP contribution in [0.4, 0.5) is 0 Å². The Balaban J connectivity index is 3.54. The third-order valence-corrected chi connectivity index (χ3v) is 2.85. The number of hydrogen-bond acceptors (Lipinski definition) is 4. The monoisotopic (exact) mass is 172 g/mol. The van der Waals surface area contributed by atoms with Crippen molar-refractivity contribution in [3.8, 4) is 0 Å². The van der Waals surface area contributed by atoms with E-state index in [1.54, 1.807) is 0 Å². The zero-order valence-electron chi connectivity index (χ0n) is 3.87. The molecule has 0 aromatic heterocycles. The van der Waals surface area contributed by atoms with Crippen LogP contribution in [0.15, 0.2) is 0 Å². The normalized spacial score (nSPS) is 12.9. The average Bonchev–Trinajstić information content (AvgIpc) is 1.31. The smallest absolute Gasteiger partial charge is 0.0727 e. The lowest BCUT2D eigenvalue weighted by molar-refractivity contribution is 1.03. The fraction of sp³-hybridized carbons (Fsp3) is 1.00. The Morgan fingerprint density at radius 2 is 1.43 bits per heavy atom. The van der Waals surface area contributed by atoms with Gasteiger partial charge in [0.15, 0.2) is 0 Å². The van der Waals surface area contributed by atoms with E-state index >= 15 is 0 Å². The van der Waals surface area contributed by atoms with Gasteiger partial charge in [0.1, 0.15) is 0 Å². The predicted octanol–water partition coefficient (Wildman–Crippen LogP) is 1.75. The van der Waals surface area contributed by atoms with Crippen LogP contribution in [0.3, 0.4) is 0 Å². The molecular formula is C3H8S4. The van der Waals surface area contributed by atoms with Crippen LogP contribution < -0.4 is 0 Å². The van der Waals surface area contributed by atoms with Crippen molar-refractivity contribution in [2.75, 3.05) is 0 Å². The summed E-state index contributed by atoms with van der Waals surface area (Å²) >= 11 is 16.1. The van der Waals surface area contributed by atoms with Crippen LogP contribution >= 0.6 is 50.5 Å². The van der Waals surface area contributed by atoms with Crippen LogP contribution in [0.1, 0.15) is 6.92 Å². The Bertz CT molecular complexity index is 52.4. The summed E-state index contributed by atoms with van der Waals surface area (Å²) in [5, 5.41) is 0. The van der Waals surface area contributed by atoms with Crippen LogP contribution in [0.5, 0.6) is 0 Å². The van der Waals surface area contributed by atoms with Gasteiger partial charge in [0.2, 0.25) is 0 Å². The molecule has 0 N–H and O–H groups in total. The lowest BCUT2D eigenvalue weighted by Gasteiger charge is -2.18. The molecule has 0 saturated heterocycles. The van der Waals surface area contributed by atoms with E-state index in [9.17, 15) is 0 Å². The molecule has 0 atom stereocenters. The third kappa shape index (κ3) is 3.94. The topological polar surface area (TPSA) is 0 Å². The first-order valence-electron chi connectivity index (χ1n) is 1.75. The van der Waals surface area contributed by atoms with Crippen molar-refractivity contribution < 1.29 is 0 Å². The number of hydrogen-bond donors (Lipinski definition) is 4. The largest absolute Gasteiger partial charge is 0.163 e. The zero-order valence-corrected chi connectivity index (χ0v) is 7.44. The lowest BCUT2D eigenvalue weighted by atomic mass is 10.5. The molecule has 0 spiro atoms. The summed E-state index contributed by atoms with van der Waals surface area (Å²) in [6.45, 7) is 1.84. The maximum absolute atomic E-state index is 4.06. The summed E-state index contributed by atoms with van der Waals surface area (Å²) in [6, 6.07) is 0. The molecule has 4 heteroatoms. The quantitative estimate of drug-likeness (QED) is 0.336. The standard InChI is InChI=1S/C3H8S4/c1-3(6,7)2(4)5/h2,4-7H,1H3. The van der Waals surface area contributed by atoms with Gasteiger partial charge < -0.3 is 0 Å². The molecule has 0 radical (unpaired) electrons. The minimum atomic E-state index is -0.383. The molecule has 7 heavy (non-hydrogen) atoms. The molecule has 0 aromatic carbocycles. The summed E-state index contributed by atoms with van der Waals surface area (Å²) in [5.74, 6) is 0. The third-order valence-electron chi connectivity index (χ3n) is 0.489. The van der Waals surface area contributed by atoms with Crippen molar-refractivity contribution in [3.63, 3.8) is 0 Å². The van der Waals surface area contributed by atoms with Crippen molar-refractivity contribution >= 4 is 50.5 Å². The average molecular weight is 172 g/mol. The molecule has 0 fully saturated rings. The van der Waals surface area contributed by atoms with Crippen LogP contribution in [-0.2, 0) is 0 Å². The van der Waals surface area contributed by atoms with Gasteiger partial charge in [0, 0.05) is 0 Å². The Hall–Kier alpha value is 1.40. The first-order chi connectivity index (χ1) is 2.94. The van der Waals surface area contributed by atoms with Gasteiger partial charge in [-0.15, -0.1) is 0 Å². The summed E-state index contributed by atoms with van der Waals surface area (Å²) in [5.41, 5.74) is 0. The molecular weight excluding hydrogens is 164 g/mol. The Morgan fingerprint density at radius 1 is 1.29 bits per heavy atom. The van der Waals surface area contributed by atoms with Crippen LogP contribution in [0.25, 0.3) is 0 Å². The van der Waals surface area contributed by atoms with E-state index in [-0.39, 0.29) is 8.66 Å². The maximum Gasteiger partial charge on any atom is 0.0727 e. The summed E-state index contributed by atoms with van der Waals surface area (Å²) in [6.07, 6.45) is 0. The highest BCUT2D eigenvalue weighted by Crippen LogP contribution is 2.28. The van der Waals surface area contributed by atoms with Gasteiger partial charge in [-0.3, -0.25) is 0 Å². The Kier molecular flexibility index (Phi) is 3.36. The number of rotatable bonds is 1. The second kappa shape index (κ2) is 2.80. The van der Waals surface area contributed by atoms with E-state index in [1.807, 2.05) is 6.92 Å². The fourth-order valence-electron chi connectivity index (χ4n) is 0. The number of thiol groups is 4. The highest BCUT2D eigenvalue weighted by molar-refractivity contribution is 8.07. The van der Waals surface area contributed by atoms with Gasteiger partial charge in [-0.05, 0) is 6.92 Å². The maximum atomic E-state index is 4.06. The minimum absolute atomic E-state index is 0.0841. The molecule has 0 aliphatic rings. The van der Waals surface area contributed by atoms with Gasteiger partial charge in [-0.25, -0.2) is 0 Å². The van der Waals surface area contributed by atoms with Gasteiger partial charge in [0.25, 0.3) is 0 Å². The Morgan fingerprint density at radius 3 is 1.43 bits per heavy atom. The highest BCUT2D eigenvalue weighted by Gasteiger charge is 2.18. The molecule has 0 unspecified atom stereocenters. The van der Waals surface area contributed by atoms with Gasteiger partial charge in [0.05, 0.1) is 8.66 Å². The summed E-state index contributed by atoms with van der Waals surface area (Å²) in [4.78, 5) is 0. The zero-order chi connectivity index (χ0) is 6.08. The molecule has 0 rings (SSSR count). The van der Waals surface area contributed by atoms with E-state index in [1.165, 1.54) is 0 Å². The predicted molar refractivity (Wildman–Crippen MR) is 48.1 cm³/mol. The molecule has 0 bridgehead atoms. The molecule has 0 saturated carbocycles. The molecule has 0 aliphatic heterocycles. The van der Waals surface area contributed by atoms with Crippen molar-refractivity contribution in [2.45, 2.75) is 15.6 Å². The lowest BCUT2D eigenvalue weighted by Crippen LogP contribution is -2.16.